The van der Waals surface area contributed by atoms with Crippen molar-refractivity contribution >= 4 is 43.2 Å². The molecule has 0 fully saturated rings. The number of halogens is 2. The molecule has 0 aromatic carbocycles. The number of rotatable bonds is 4. The Labute approximate surface area is 106 Å². The van der Waals surface area contributed by atoms with Gasteiger partial charge in [0.1, 0.15) is 0 Å². The summed E-state index contributed by atoms with van der Waals surface area (Å²) in [6.45, 7) is 4.42. The van der Waals surface area contributed by atoms with Crippen molar-refractivity contribution in [1.82, 2.24) is 0 Å². The molecule has 0 aliphatic heterocycles. The molecule has 0 radical (unpaired) electrons. The molecule has 2 N–H and O–H groups in total. The van der Waals surface area contributed by atoms with Crippen LogP contribution < -0.4 is 5.73 Å². The van der Waals surface area contributed by atoms with Crippen LogP contribution in [0.3, 0.4) is 0 Å². The normalized spacial score (nSPS) is 13.6. The Bertz CT molecular complexity index is 277. The quantitative estimate of drug-likeness (QED) is 0.873. The maximum absolute atomic E-state index is 6.04. The molecule has 1 rings (SSSR count). The topological polar surface area (TPSA) is 26.0 Å². The van der Waals surface area contributed by atoms with Crippen molar-refractivity contribution in [1.29, 1.82) is 0 Å². The van der Waals surface area contributed by atoms with E-state index in [1.165, 1.54) is 4.88 Å². The maximum atomic E-state index is 6.04. The average Bonchev–Trinajstić information content (AvgIpc) is 2.28. The van der Waals surface area contributed by atoms with Gasteiger partial charge in [-0.2, -0.15) is 0 Å². The van der Waals surface area contributed by atoms with E-state index in [1.807, 2.05) is 0 Å². The zero-order valence-corrected chi connectivity index (χ0v) is 12.4. The Morgan fingerprint density at radius 1 is 1.43 bits per heavy atom. The molecule has 0 amide bonds. The summed E-state index contributed by atoms with van der Waals surface area (Å²) in [4.78, 5) is 1.34. The molecule has 1 aromatic rings. The van der Waals surface area contributed by atoms with Crippen molar-refractivity contribution in [2.75, 3.05) is 0 Å². The summed E-state index contributed by atoms with van der Waals surface area (Å²) in [7, 11) is 0. The molecule has 80 valence electrons. The highest BCUT2D eigenvalue weighted by Crippen LogP contribution is 2.33. The van der Waals surface area contributed by atoms with Gasteiger partial charge in [-0.15, -0.1) is 11.3 Å². The Kier molecular flexibility index (Phi) is 5.11. The fraction of sp³-hybridized carbons (Fsp3) is 0.600. The first kappa shape index (κ1) is 12.7. The van der Waals surface area contributed by atoms with Gasteiger partial charge in [-0.3, -0.25) is 0 Å². The van der Waals surface area contributed by atoms with Crippen molar-refractivity contribution < 1.29 is 0 Å². The molecule has 1 heterocycles. The van der Waals surface area contributed by atoms with Crippen LogP contribution in [-0.4, -0.2) is 6.04 Å². The number of nitrogens with two attached hydrogens (primary N) is 1. The number of hydrogen-bond donors (Lipinski definition) is 1. The smallest absolute Gasteiger partial charge is 0.0843 e. The molecular formula is C10H15Br2NS. The zero-order valence-electron chi connectivity index (χ0n) is 8.39. The van der Waals surface area contributed by atoms with Crippen molar-refractivity contribution in [2.24, 2.45) is 11.7 Å². The Morgan fingerprint density at radius 2 is 2.07 bits per heavy atom. The maximum Gasteiger partial charge on any atom is 0.0843 e. The van der Waals surface area contributed by atoms with Crippen molar-refractivity contribution in [3.8, 4) is 0 Å². The highest BCUT2D eigenvalue weighted by Gasteiger charge is 2.10. The predicted molar refractivity (Wildman–Crippen MR) is 70.9 cm³/mol. The lowest BCUT2D eigenvalue weighted by Gasteiger charge is -2.12. The van der Waals surface area contributed by atoms with Crippen LogP contribution in [0, 0.1) is 5.92 Å². The highest BCUT2D eigenvalue weighted by atomic mass is 79.9. The van der Waals surface area contributed by atoms with Gasteiger partial charge >= 0.3 is 0 Å². The van der Waals surface area contributed by atoms with Crippen LogP contribution in [0.15, 0.2) is 14.3 Å². The molecule has 0 aliphatic carbocycles. The van der Waals surface area contributed by atoms with Gasteiger partial charge in [0.25, 0.3) is 0 Å². The Morgan fingerprint density at radius 3 is 2.50 bits per heavy atom. The molecule has 0 bridgehead atoms. The van der Waals surface area contributed by atoms with E-state index in [0.29, 0.717) is 5.92 Å². The van der Waals surface area contributed by atoms with E-state index in [-0.39, 0.29) is 6.04 Å². The van der Waals surface area contributed by atoms with E-state index < -0.39 is 0 Å². The minimum atomic E-state index is 0.285. The summed E-state index contributed by atoms with van der Waals surface area (Å²) in [6, 6.07) is 2.43. The Balaban J connectivity index is 2.51. The largest absolute Gasteiger partial charge is 0.327 e. The first-order valence-corrected chi connectivity index (χ1v) is 7.08. The van der Waals surface area contributed by atoms with Gasteiger partial charge in [0.2, 0.25) is 0 Å². The third kappa shape index (κ3) is 4.01. The zero-order chi connectivity index (χ0) is 10.7. The van der Waals surface area contributed by atoms with E-state index >= 15 is 0 Å². The lowest BCUT2D eigenvalue weighted by molar-refractivity contribution is 0.495. The summed E-state index contributed by atoms with van der Waals surface area (Å²) < 4.78 is 2.29. The minimum Gasteiger partial charge on any atom is -0.327 e. The molecule has 1 atom stereocenters. The average molecular weight is 341 g/mol. The predicted octanol–water partition coefficient (Wildman–Crippen LogP) is 4.19. The molecule has 0 spiro atoms. The fourth-order valence-electron chi connectivity index (χ4n) is 1.44. The second-order valence-electron chi connectivity index (χ2n) is 3.93. The van der Waals surface area contributed by atoms with Crippen LogP contribution in [0.2, 0.25) is 0 Å². The summed E-state index contributed by atoms with van der Waals surface area (Å²) in [5, 5.41) is 0. The number of hydrogen-bond acceptors (Lipinski definition) is 2. The van der Waals surface area contributed by atoms with Gasteiger partial charge in [0, 0.05) is 15.4 Å². The van der Waals surface area contributed by atoms with Crippen molar-refractivity contribution in [2.45, 2.75) is 32.7 Å². The standard InChI is InChI=1S/C10H15Br2NS/c1-6(2)3-7(13)4-8-5-9(11)10(12)14-8/h5-7H,3-4,13H2,1-2H3. The molecular weight excluding hydrogens is 326 g/mol. The Hall–Kier alpha value is 0.620. The second-order valence-corrected chi connectivity index (χ2v) is 7.24. The monoisotopic (exact) mass is 339 g/mol. The highest BCUT2D eigenvalue weighted by molar-refractivity contribution is 9.13. The van der Waals surface area contributed by atoms with E-state index in [9.17, 15) is 0 Å². The fourth-order valence-corrected chi connectivity index (χ4v) is 3.71. The molecule has 0 aliphatic rings. The number of thiophene rings is 1. The lowest BCUT2D eigenvalue weighted by atomic mass is 10.0. The molecule has 4 heteroatoms. The minimum absolute atomic E-state index is 0.285. The van der Waals surface area contributed by atoms with Gasteiger partial charge in [0.15, 0.2) is 0 Å². The molecule has 14 heavy (non-hydrogen) atoms. The molecule has 1 aromatic heterocycles. The first-order valence-electron chi connectivity index (χ1n) is 4.68. The van der Waals surface area contributed by atoms with Gasteiger partial charge in [-0.1, -0.05) is 13.8 Å². The van der Waals surface area contributed by atoms with E-state index in [2.05, 4.69) is 51.8 Å². The van der Waals surface area contributed by atoms with Crippen LogP contribution in [0.4, 0.5) is 0 Å². The molecule has 0 saturated heterocycles. The third-order valence-electron chi connectivity index (χ3n) is 1.93. The van der Waals surface area contributed by atoms with Crippen LogP contribution in [0.1, 0.15) is 25.1 Å². The molecule has 0 saturated carbocycles. The van der Waals surface area contributed by atoms with Crippen LogP contribution >= 0.6 is 43.2 Å². The van der Waals surface area contributed by atoms with E-state index in [1.54, 1.807) is 11.3 Å². The molecule has 1 unspecified atom stereocenters. The van der Waals surface area contributed by atoms with Gasteiger partial charge in [0.05, 0.1) is 3.79 Å². The second kappa shape index (κ2) is 5.64. The SMILES string of the molecule is CC(C)CC(N)Cc1cc(Br)c(Br)s1. The van der Waals surface area contributed by atoms with E-state index in [0.717, 1.165) is 21.1 Å². The summed E-state index contributed by atoms with van der Waals surface area (Å²) in [5.41, 5.74) is 6.04. The van der Waals surface area contributed by atoms with Gasteiger partial charge in [-0.05, 0) is 56.7 Å². The lowest BCUT2D eigenvalue weighted by Crippen LogP contribution is -2.24. The summed E-state index contributed by atoms with van der Waals surface area (Å²) >= 11 is 8.73. The van der Waals surface area contributed by atoms with Crippen LogP contribution in [-0.2, 0) is 6.42 Å². The van der Waals surface area contributed by atoms with E-state index in [4.69, 9.17) is 5.73 Å². The first-order chi connectivity index (χ1) is 6.49. The summed E-state index contributed by atoms with van der Waals surface area (Å²) in [6.07, 6.45) is 2.07. The van der Waals surface area contributed by atoms with Gasteiger partial charge < -0.3 is 5.73 Å². The molecule has 1 nitrogen and oxygen atoms in total. The summed E-state index contributed by atoms with van der Waals surface area (Å²) in [5.74, 6) is 0.678. The van der Waals surface area contributed by atoms with Crippen LogP contribution in [0.25, 0.3) is 0 Å². The van der Waals surface area contributed by atoms with Crippen molar-refractivity contribution in [3.05, 3.63) is 19.2 Å². The van der Waals surface area contributed by atoms with Crippen molar-refractivity contribution in [3.63, 3.8) is 0 Å². The van der Waals surface area contributed by atoms with Crippen LogP contribution in [0.5, 0.6) is 0 Å². The third-order valence-corrected chi connectivity index (χ3v) is 5.21. The van der Waals surface area contributed by atoms with Gasteiger partial charge in [-0.25, -0.2) is 0 Å².